The van der Waals surface area contributed by atoms with E-state index in [2.05, 4.69) is 29.4 Å². The Bertz CT molecular complexity index is 466. The minimum Gasteiger partial charge on any atom is -0.338 e. The molecule has 0 bridgehead atoms. The highest BCUT2D eigenvalue weighted by atomic mass is 32.1. The van der Waals surface area contributed by atoms with Crippen LogP contribution in [0.15, 0.2) is 24.7 Å². The predicted molar refractivity (Wildman–Crippen MR) is 69.4 cm³/mol. The molecule has 0 aliphatic carbocycles. The molecule has 0 N–H and O–H groups in total. The number of nitrogens with zero attached hydrogens (tertiary/aromatic N) is 6. The summed E-state index contributed by atoms with van der Waals surface area (Å²) >= 11 is 1.47. The van der Waals surface area contributed by atoms with E-state index in [1.165, 1.54) is 16.4 Å². The second-order valence-electron chi connectivity index (χ2n) is 4.20. The summed E-state index contributed by atoms with van der Waals surface area (Å²) in [5.41, 5.74) is 0. The topological polar surface area (TPSA) is 58.0 Å². The van der Waals surface area contributed by atoms with Gasteiger partial charge in [-0.3, -0.25) is 4.90 Å². The van der Waals surface area contributed by atoms with E-state index in [4.69, 9.17) is 0 Å². The first-order valence-electron chi connectivity index (χ1n) is 5.92. The molecule has 7 heteroatoms. The normalized spacial score (nSPS) is 17.0. The van der Waals surface area contributed by atoms with Gasteiger partial charge in [0.15, 0.2) is 0 Å². The maximum Gasteiger partial charge on any atom is 0.225 e. The minimum atomic E-state index is 0.830. The van der Waals surface area contributed by atoms with Gasteiger partial charge in [-0.15, -0.1) is 5.10 Å². The van der Waals surface area contributed by atoms with Gasteiger partial charge in [0.2, 0.25) is 5.95 Å². The van der Waals surface area contributed by atoms with E-state index in [1.54, 1.807) is 12.4 Å². The van der Waals surface area contributed by atoms with Crippen LogP contribution in [0.3, 0.4) is 0 Å². The first-order chi connectivity index (χ1) is 8.92. The molecule has 0 aromatic carbocycles. The highest BCUT2D eigenvalue weighted by Gasteiger charge is 2.19. The smallest absolute Gasteiger partial charge is 0.225 e. The number of rotatable bonds is 3. The predicted octanol–water partition coefficient (Wildman–Crippen LogP) is 0.650. The lowest BCUT2D eigenvalue weighted by Crippen LogP contribution is -2.46. The maximum absolute atomic E-state index is 4.28. The summed E-state index contributed by atoms with van der Waals surface area (Å²) in [6.07, 6.45) is 5.42. The monoisotopic (exact) mass is 262 g/mol. The lowest BCUT2D eigenvalue weighted by molar-refractivity contribution is 0.250. The number of piperazine rings is 1. The fraction of sp³-hybridized carbons (Fsp3) is 0.455. The molecule has 0 saturated carbocycles. The van der Waals surface area contributed by atoms with E-state index < -0.39 is 0 Å². The van der Waals surface area contributed by atoms with Crippen LogP contribution in [-0.2, 0) is 6.54 Å². The van der Waals surface area contributed by atoms with Crippen LogP contribution >= 0.6 is 11.5 Å². The fourth-order valence-electron chi connectivity index (χ4n) is 2.04. The zero-order valence-electron chi connectivity index (χ0n) is 9.94. The van der Waals surface area contributed by atoms with Crippen LogP contribution in [0.5, 0.6) is 0 Å². The van der Waals surface area contributed by atoms with Gasteiger partial charge in [-0.2, -0.15) is 0 Å². The fourth-order valence-corrected chi connectivity index (χ4v) is 2.57. The first kappa shape index (κ1) is 11.5. The second-order valence-corrected chi connectivity index (χ2v) is 5.07. The van der Waals surface area contributed by atoms with Gasteiger partial charge >= 0.3 is 0 Å². The van der Waals surface area contributed by atoms with Crippen molar-refractivity contribution < 1.29 is 0 Å². The molecule has 0 atom stereocenters. The van der Waals surface area contributed by atoms with Crippen LogP contribution in [0.1, 0.15) is 4.88 Å². The lowest BCUT2D eigenvalue weighted by Gasteiger charge is -2.34. The van der Waals surface area contributed by atoms with Crippen LogP contribution in [0, 0.1) is 0 Å². The van der Waals surface area contributed by atoms with Crippen molar-refractivity contribution in [2.75, 3.05) is 31.1 Å². The molecule has 2 aromatic rings. The van der Waals surface area contributed by atoms with E-state index in [1.807, 2.05) is 12.3 Å². The number of hydrogen-bond acceptors (Lipinski definition) is 7. The Balaban J connectivity index is 1.55. The standard InChI is InChI=1S/C11H14N6S/c1-2-12-11(13-3-1)17-6-4-16(5-7-17)9-10-8-14-15-18-10/h1-3,8H,4-7,9H2. The molecular formula is C11H14N6S. The molecule has 1 fully saturated rings. The van der Waals surface area contributed by atoms with E-state index in [0.29, 0.717) is 0 Å². The second kappa shape index (κ2) is 5.36. The van der Waals surface area contributed by atoms with Gasteiger partial charge < -0.3 is 4.90 Å². The van der Waals surface area contributed by atoms with Crippen molar-refractivity contribution in [3.8, 4) is 0 Å². The average Bonchev–Trinajstić information content (AvgIpc) is 2.94. The van der Waals surface area contributed by atoms with Crippen molar-refractivity contribution in [3.63, 3.8) is 0 Å². The van der Waals surface area contributed by atoms with E-state index in [-0.39, 0.29) is 0 Å². The summed E-state index contributed by atoms with van der Waals surface area (Å²) in [5.74, 6) is 0.830. The third-order valence-electron chi connectivity index (χ3n) is 2.99. The lowest BCUT2D eigenvalue weighted by atomic mass is 10.3. The molecule has 1 aliphatic rings. The van der Waals surface area contributed by atoms with Crippen LogP contribution in [-0.4, -0.2) is 50.6 Å². The quantitative estimate of drug-likeness (QED) is 0.809. The molecule has 6 nitrogen and oxygen atoms in total. The van der Waals surface area contributed by atoms with Gasteiger partial charge in [0.25, 0.3) is 0 Å². The Morgan fingerprint density at radius 2 is 1.89 bits per heavy atom. The highest BCUT2D eigenvalue weighted by molar-refractivity contribution is 7.05. The number of anilines is 1. The maximum atomic E-state index is 4.28. The number of aromatic nitrogens is 4. The van der Waals surface area contributed by atoms with Crippen LogP contribution < -0.4 is 4.90 Å². The van der Waals surface area contributed by atoms with Crippen molar-refractivity contribution in [2.24, 2.45) is 0 Å². The minimum absolute atomic E-state index is 0.830. The molecule has 1 aliphatic heterocycles. The highest BCUT2D eigenvalue weighted by Crippen LogP contribution is 2.13. The molecule has 18 heavy (non-hydrogen) atoms. The van der Waals surface area contributed by atoms with Crippen molar-refractivity contribution in [1.82, 2.24) is 24.5 Å². The summed E-state index contributed by atoms with van der Waals surface area (Å²) in [5, 5.41) is 3.86. The van der Waals surface area contributed by atoms with Gasteiger partial charge in [-0.1, -0.05) is 4.49 Å². The SMILES string of the molecule is c1cnc(N2CCN(Cc3cnns3)CC2)nc1. The third-order valence-corrected chi connectivity index (χ3v) is 3.64. The Morgan fingerprint density at radius 1 is 1.11 bits per heavy atom. The summed E-state index contributed by atoms with van der Waals surface area (Å²) in [6, 6.07) is 1.84. The molecule has 2 aromatic heterocycles. The molecule has 0 amide bonds. The van der Waals surface area contributed by atoms with Crippen LogP contribution in [0.2, 0.25) is 0 Å². The molecular weight excluding hydrogens is 248 g/mol. The molecule has 3 heterocycles. The van der Waals surface area contributed by atoms with Gasteiger partial charge in [0.1, 0.15) is 0 Å². The molecule has 0 spiro atoms. The Hall–Kier alpha value is -1.60. The zero-order valence-corrected chi connectivity index (χ0v) is 10.8. The zero-order chi connectivity index (χ0) is 12.2. The molecule has 0 unspecified atom stereocenters. The summed E-state index contributed by atoms with van der Waals surface area (Å²) in [6.45, 7) is 4.93. The van der Waals surface area contributed by atoms with Crippen LogP contribution in [0.4, 0.5) is 5.95 Å². The summed E-state index contributed by atoms with van der Waals surface area (Å²) in [7, 11) is 0. The number of hydrogen-bond donors (Lipinski definition) is 0. The van der Waals surface area contributed by atoms with E-state index >= 15 is 0 Å². The van der Waals surface area contributed by atoms with Crippen molar-refractivity contribution in [3.05, 3.63) is 29.5 Å². The van der Waals surface area contributed by atoms with E-state index in [0.717, 1.165) is 38.7 Å². The Kier molecular flexibility index (Phi) is 3.42. The first-order valence-corrected chi connectivity index (χ1v) is 6.70. The molecule has 94 valence electrons. The Labute approximate surface area is 109 Å². The van der Waals surface area contributed by atoms with Crippen LogP contribution in [0.25, 0.3) is 0 Å². The Morgan fingerprint density at radius 3 is 2.56 bits per heavy atom. The third kappa shape index (κ3) is 2.62. The molecule has 3 rings (SSSR count). The summed E-state index contributed by atoms with van der Waals surface area (Å²) in [4.78, 5) is 14.4. The van der Waals surface area contributed by atoms with E-state index in [9.17, 15) is 0 Å². The molecule has 1 saturated heterocycles. The van der Waals surface area contributed by atoms with Crippen molar-refractivity contribution in [1.29, 1.82) is 0 Å². The van der Waals surface area contributed by atoms with Gasteiger partial charge in [0.05, 0.1) is 11.1 Å². The van der Waals surface area contributed by atoms with Crippen molar-refractivity contribution >= 4 is 17.5 Å². The largest absolute Gasteiger partial charge is 0.338 e. The molecule has 0 radical (unpaired) electrons. The van der Waals surface area contributed by atoms with Gasteiger partial charge in [-0.05, 0) is 17.6 Å². The summed E-state index contributed by atoms with van der Waals surface area (Å²) < 4.78 is 3.88. The van der Waals surface area contributed by atoms with Gasteiger partial charge in [0, 0.05) is 45.1 Å². The average molecular weight is 262 g/mol. The van der Waals surface area contributed by atoms with Gasteiger partial charge in [-0.25, -0.2) is 9.97 Å². The van der Waals surface area contributed by atoms with Crippen molar-refractivity contribution in [2.45, 2.75) is 6.54 Å².